The molecule has 5 nitrogen and oxygen atoms in total. The molecule has 1 fully saturated rings. The number of hydrogen-bond donors (Lipinski definition) is 1. The maximum absolute atomic E-state index is 12.3. The highest BCUT2D eigenvalue weighted by Crippen LogP contribution is 2.34. The first kappa shape index (κ1) is 15.8. The molecule has 0 spiro atoms. The van der Waals surface area contributed by atoms with Gasteiger partial charge in [-0.15, -0.1) is 0 Å². The molecule has 3 rings (SSSR count). The standard InChI is InChI=1S/C18H24N2O3/c1-12-10-20(11-18(22)19-15-5-3-4-6-15)16-9-14(13(2)21)7-8-17(16)23-12/h7-9,12,15H,3-6,10-11H2,1-2H3,(H,19,22). The normalized spacial score (nSPS) is 20.8. The summed E-state index contributed by atoms with van der Waals surface area (Å²) in [7, 11) is 0. The van der Waals surface area contributed by atoms with E-state index in [1.165, 1.54) is 12.8 Å². The third-order valence-corrected chi connectivity index (χ3v) is 4.57. The van der Waals surface area contributed by atoms with Crippen molar-refractivity contribution in [2.75, 3.05) is 18.0 Å². The summed E-state index contributed by atoms with van der Waals surface area (Å²) >= 11 is 0. The molecule has 1 heterocycles. The Bertz CT molecular complexity index is 608. The molecular formula is C18H24N2O3. The van der Waals surface area contributed by atoms with E-state index in [0.717, 1.165) is 24.3 Å². The molecule has 124 valence electrons. The zero-order valence-electron chi connectivity index (χ0n) is 13.8. The molecule has 0 saturated heterocycles. The van der Waals surface area contributed by atoms with Crippen LogP contribution in [0.1, 0.15) is 49.9 Å². The largest absolute Gasteiger partial charge is 0.487 e. The number of amides is 1. The number of ketones is 1. The van der Waals surface area contributed by atoms with Crippen LogP contribution >= 0.6 is 0 Å². The molecule has 2 aliphatic rings. The van der Waals surface area contributed by atoms with E-state index in [9.17, 15) is 9.59 Å². The Labute approximate surface area is 137 Å². The average molecular weight is 316 g/mol. The number of carbonyl (C=O) groups excluding carboxylic acids is 2. The number of Topliss-reactive ketones (excluding diaryl/α,β-unsaturated/α-hetero) is 1. The number of benzene rings is 1. The minimum Gasteiger partial charge on any atom is -0.487 e. The Morgan fingerprint density at radius 1 is 1.30 bits per heavy atom. The Morgan fingerprint density at radius 3 is 2.74 bits per heavy atom. The van der Waals surface area contributed by atoms with E-state index in [1.54, 1.807) is 13.0 Å². The second-order valence-electron chi connectivity index (χ2n) is 6.60. The number of ether oxygens (including phenoxy) is 1. The Balaban J connectivity index is 1.75. The predicted molar refractivity (Wildman–Crippen MR) is 89.1 cm³/mol. The molecule has 1 N–H and O–H groups in total. The molecule has 1 aliphatic heterocycles. The third kappa shape index (κ3) is 3.66. The van der Waals surface area contributed by atoms with Crippen LogP contribution in [0.5, 0.6) is 5.75 Å². The van der Waals surface area contributed by atoms with Crippen molar-refractivity contribution in [3.05, 3.63) is 23.8 Å². The molecule has 1 aromatic carbocycles. The van der Waals surface area contributed by atoms with Gasteiger partial charge >= 0.3 is 0 Å². The monoisotopic (exact) mass is 316 g/mol. The summed E-state index contributed by atoms with van der Waals surface area (Å²) in [5, 5.41) is 3.12. The zero-order chi connectivity index (χ0) is 16.4. The Kier molecular flexibility index (Phi) is 4.55. The van der Waals surface area contributed by atoms with Gasteiger partial charge in [0.05, 0.1) is 18.8 Å². The van der Waals surface area contributed by atoms with Crippen LogP contribution in [0.2, 0.25) is 0 Å². The first-order valence-electron chi connectivity index (χ1n) is 8.39. The number of anilines is 1. The van der Waals surface area contributed by atoms with E-state index < -0.39 is 0 Å². The minimum absolute atomic E-state index is 0.0155. The van der Waals surface area contributed by atoms with Gasteiger partial charge in [0.2, 0.25) is 5.91 Å². The summed E-state index contributed by atoms with van der Waals surface area (Å²) in [5.74, 6) is 0.800. The summed E-state index contributed by atoms with van der Waals surface area (Å²) in [4.78, 5) is 26.0. The van der Waals surface area contributed by atoms with Gasteiger partial charge in [0.25, 0.3) is 0 Å². The third-order valence-electron chi connectivity index (χ3n) is 4.57. The van der Waals surface area contributed by atoms with Gasteiger partial charge in [-0.05, 0) is 44.9 Å². The maximum Gasteiger partial charge on any atom is 0.239 e. The molecular weight excluding hydrogens is 292 g/mol. The fourth-order valence-corrected chi connectivity index (χ4v) is 3.41. The molecule has 5 heteroatoms. The van der Waals surface area contributed by atoms with Crippen molar-refractivity contribution in [3.8, 4) is 5.75 Å². The van der Waals surface area contributed by atoms with Crippen LogP contribution in [0.15, 0.2) is 18.2 Å². The van der Waals surface area contributed by atoms with Crippen molar-refractivity contribution >= 4 is 17.4 Å². The highest BCUT2D eigenvalue weighted by Gasteiger charge is 2.26. The molecule has 0 aromatic heterocycles. The van der Waals surface area contributed by atoms with Gasteiger partial charge in [-0.1, -0.05) is 12.8 Å². The average Bonchev–Trinajstić information content (AvgIpc) is 2.99. The van der Waals surface area contributed by atoms with Gasteiger partial charge < -0.3 is 15.0 Å². The van der Waals surface area contributed by atoms with Crippen molar-refractivity contribution in [3.63, 3.8) is 0 Å². The number of carbonyl (C=O) groups is 2. The lowest BCUT2D eigenvalue weighted by Crippen LogP contribution is -2.46. The number of rotatable bonds is 4. The molecule has 0 bridgehead atoms. The van der Waals surface area contributed by atoms with Gasteiger partial charge in [-0.2, -0.15) is 0 Å². The number of hydrogen-bond acceptors (Lipinski definition) is 4. The fourth-order valence-electron chi connectivity index (χ4n) is 3.41. The van der Waals surface area contributed by atoms with Gasteiger partial charge in [-0.3, -0.25) is 9.59 Å². The van der Waals surface area contributed by atoms with E-state index in [1.807, 2.05) is 24.0 Å². The number of nitrogens with one attached hydrogen (secondary N) is 1. The first-order chi connectivity index (χ1) is 11.0. The van der Waals surface area contributed by atoms with Gasteiger partial charge in [-0.25, -0.2) is 0 Å². The van der Waals surface area contributed by atoms with E-state index >= 15 is 0 Å². The summed E-state index contributed by atoms with van der Waals surface area (Å²) in [6.07, 6.45) is 4.58. The predicted octanol–water partition coefficient (Wildman–Crippen LogP) is 2.54. The van der Waals surface area contributed by atoms with Crippen molar-refractivity contribution in [1.82, 2.24) is 5.32 Å². The molecule has 1 unspecified atom stereocenters. The van der Waals surface area contributed by atoms with Crippen LogP contribution in [0, 0.1) is 0 Å². The van der Waals surface area contributed by atoms with Crippen LogP contribution in [0.4, 0.5) is 5.69 Å². The molecule has 0 radical (unpaired) electrons. The zero-order valence-corrected chi connectivity index (χ0v) is 13.8. The first-order valence-corrected chi connectivity index (χ1v) is 8.39. The highest BCUT2D eigenvalue weighted by atomic mass is 16.5. The van der Waals surface area contributed by atoms with Crippen LogP contribution in [0.25, 0.3) is 0 Å². The topological polar surface area (TPSA) is 58.6 Å². The van der Waals surface area contributed by atoms with E-state index in [-0.39, 0.29) is 17.8 Å². The summed E-state index contributed by atoms with van der Waals surface area (Å²) in [5.41, 5.74) is 1.47. The maximum atomic E-state index is 12.3. The van der Waals surface area contributed by atoms with Crippen LogP contribution < -0.4 is 15.0 Å². The van der Waals surface area contributed by atoms with Crippen LogP contribution in [0.3, 0.4) is 0 Å². The van der Waals surface area contributed by atoms with Crippen molar-refractivity contribution in [2.45, 2.75) is 51.7 Å². The van der Waals surface area contributed by atoms with Gasteiger partial charge in [0, 0.05) is 11.6 Å². The second-order valence-corrected chi connectivity index (χ2v) is 6.60. The lowest BCUT2D eigenvalue weighted by atomic mass is 10.1. The molecule has 1 aromatic rings. The molecule has 23 heavy (non-hydrogen) atoms. The highest BCUT2D eigenvalue weighted by molar-refractivity contribution is 5.96. The van der Waals surface area contributed by atoms with Crippen molar-refractivity contribution in [2.24, 2.45) is 0 Å². The number of fused-ring (bicyclic) bond motifs is 1. The second kappa shape index (κ2) is 6.60. The molecule has 1 saturated carbocycles. The van der Waals surface area contributed by atoms with Crippen molar-refractivity contribution < 1.29 is 14.3 Å². The summed E-state index contributed by atoms with van der Waals surface area (Å²) in [6.45, 7) is 4.49. The van der Waals surface area contributed by atoms with E-state index in [2.05, 4.69) is 5.32 Å². The van der Waals surface area contributed by atoms with E-state index in [4.69, 9.17) is 4.74 Å². The smallest absolute Gasteiger partial charge is 0.239 e. The van der Waals surface area contributed by atoms with Crippen LogP contribution in [-0.2, 0) is 4.79 Å². The summed E-state index contributed by atoms with van der Waals surface area (Å²) in [6, 6.07) is 5.75. The van der Waals surface area contributed by atoms with Crippen LogP contribution in [-0.4, -0.2) is 36.9 Å². The SMILES string of the molecule is CC(=O)c1ccc2c(c1)N(CC(=O)NC1CCCC1)CC(C)O2. The molecule has 1 aliphatic carbocycles. The molecule has 1 amide bonds. The quantitative estimate of drug-likeness (QED) is 0.867. The summed E-state index contributed by atoms with van der Waals surface area (Å²) < 4.78 is 5.83. The molecule has 1 atom stereocenters. The lowest BCUT2D eigenvalue weighted by Gasteiger charge is -2.35. The van der Waals surface area contributed by atoms with Gasteiger partial charge in [0.1, 0.15) is 11.9 Å². The van der Waals surface area contributed by atoms with Gasteiger partial charge in [0.15, 0.2) is 5.78 Å². The Morgan fingerprint density at radius 2 is 2.04 bits per heavy atom. The number of nitrogens with zero attached hydrogens (tertiary/aromatic N) is 1. The fraction of sp³-hybridized carbons (Fsp3) is 0.556. The lowest BCUT2D eigenvalue weighted by molar-refractivity contribution is -0.120. The van der Waals surface area contributed by atoms with E-state index in [0.29, 0.717) is 24.7 Å². The van der Waals surface area contributed by atoms with Crippen molar-refractivity contribution in [1.29, 1.82) is 0 Å². The minimum atomic E-state index is 0.0155. The Hall–Kier alpha value is -2.04.